The van der Waals surface area contributed by atoms with E-state index in [1.54, 1.807) is 6.20 Å². The highest BCUT2D eigenvalue weighted by atomic mass is 16.4. The molecule has 0 amide bonds. The van der Waals surface area contributed by atoms with E-state index in [1.165, 1.54) is 23.4 Å². The van der Waals surface area contributed by atoms with Crippen molar-refractivity contribution in [1.29, 1.82) is 0 Å². The number of carboxylic acid groups (broad SMARTS) is 1. The topological polar surface area (TPSA) is 62.2 Å². The maximum atomic E-state index is 11.0. The molecule has 0 radical (unpaired) electrons. The minimum atomic E-state index is -0.944. The summed E-state index contributed by atoms with van der Waals surface area (Å²) in [4.78, 5) is 15.0. The Labute approximate surface area is 112 Å². The van der Waals surface area contributed by atoms with Gasteiger partial charge in [0.05, 0.1) is 17.4 Å². The molecule has 0 unspecified atom stereocenters. The quantitative estimate of drug-likeness (QED) is 0.863. The molecule has 0 fully saturated rings. The lowest BCUT2D eigenvalue weighted by molar-refractivity contribution is 0.0698. The maximum Gasteiger partial charge on any atom is 0.337 e. The first-order chi connectivity index (χ1) is 9.18. The highest BCUT2D eigenvalue weighted by Crippen LogP contribution is 2.14. The second-order valence-corrected chi connectivity index (χ2v) is 4.33. The average molecular weight is 256 g/mol. The molecule has 2 N–H and O–H groups in total. The van der Waals surface area contributed by atoms with Crippen molar-refractivity contribution in [2.24, 2.45) is 0 Å². The van der Waals surface area contributed by atoms with Crippen LogP contribution in [0, 0.1) is 6.92 Å². The molecule has 2 rings (SSSR count). The van der Waals surface area contributed by atoms with Crippen molar-refractivity contribution in [3.8, 4) is 0 Å². The van der Waals surface area contributed by atoms with Crippen LogP contribution in [0.25, 0.3) is 0 Å². The Bertz CT molecular complexity index is 582. The predicted octanol–water partition coefficient (Wildman–Crippen LogP) is 2.74. The molecule has 1 aromatic carbocycles. The summed E-state index contributed by atoms with van der Waals surface area (Å²) in [7, 11) is 0. The molecule has 0 aliphatic rings. The lowest BCUT2D eigenvalue weighted by Crippen LogP contribution is -2.10. The van der Waals surface area contributed by atoms with Crippen LogP contribution in [0.3, 0.4) is 0 Å². The zero-order chi connectivity index (χ0) is 13.7. The van der Waals surface area contributed by atoms with Crippen molar-refractivity contribution in [2.45, 2.75) is 13.3 Å². The summed E-state index contributed by atoms with van der Waals surface area (Å²) in [6.45, 7) is 2.75. The SMILES string of the molecule is Cc1ccccc1CCNc1cnccc1C(=O)O. The fraction of sp³-hybridized carbons (Fsp3) is 0.200. The van der Waals surface area contributed by atoms with Crippen LogP contribution in [-0.2, 0) is 6.42 Å². The van der Waals surface area contributed by atoms with Crippen LogP contribution in [-0.4, -0.2) is 22.6 Å². The summed E-state index contributed by atoms with van der Waals surface area (Å²) < 4.78 is 0. The van der Waals surface area contributed by atoms with E-state index in [2.05, 4.69) is 29.4 Å². The molecule has 1 heterocycles. The highest BCUT2D eigenvalue weighted by molar-refractivity contribution is 5.93. The average Bonchev–Trinajstić information content (AvgIpc) is 2.41. The lowest BCUT2D eigenvalue weighted by atomic mass is 10.1. The van der Waals surface area contributed by atoms with Gasteiger partial charge >= 0.3 is 5.97 Å². The van der Waals surface area contributed by atoms with Crippen LogP contribution in [0.2, 0.25) is 0 Å². The molecule has 0 aliphatic carbocycles. The second-order valence-electron chi connectivity index (χ2n) is 4.33. The number of nitrogens with zero attached hydrogens (tertiary/aromatic N) is 1. The van der Waals surface area contributed by atoms with E-state index in [0.717, 1.165) is 6.42 Å². The van der Waals surface area contributed by atoms with Crippen LogP contribution < -0.4 is 5.32 Å². The Morgan fingerprint density at radius 1 is 1.32 bits per heavy atom. The van der Waals surface area contributed by atoms with Gasteiger partial charge in [-0.15, -0.1) is 0 Å². The molecule has 0 saturated carbocycles. The van der Waals surface area contributed by atoms with Gasteiger partial charge in [0.1, 0.15) is 0 Å². The Morgan fingerprint density at radius 2 is 2.11 bits per heavy atom. The van der Waals surface area contributed by atoms with Gasteiger partial charge in [0, 0.05) is 12.7 Å². The zero-order valence-corrected chi connectivity index (χ0v) is 10.8. The monoisotopic (exact) mass is 256 g/mol. The number of hydrogen-bond donors (Lipinski definition) is 2. The van der Waals surface area contributed by atoms with Crippen LogP contribution in [0.5, 0.6) is 0 Å². The number of carboxylic acids is 1. The van der Waals surface area contributed by atoms with E-state index in [0.29, 0.717) is 12.2 Å². The fourth-order valence-electron chi connectivity index (χ4n) is 1.94. The Morgan fingerprint density at radius 3 is 2.84 bits per heavy atom. The molecule has 0 atom stereocenters. The van der Waals surface area contributed by atoms with E-state index in [1.807, 2.05) is 12.1 Å². The molecule has 4 heteroatoms. The van der Waals surface area contributed by atoms with Gasteiger partial charge in [-0.25, -0.2) is 4.79 Å². The van der Waals surface area contributed by atoms with Gasteiger partial charge in [0.15, 0.2) is 0 Å². The number of aromatic carboxylic acids is 1. The fourth-order valence-corrected chi connectivity index (χ4v) is 1.94. The lowest BCUT2D eigenvalue weighted by Gasteiger charge is -2.10. The largest absolute Gasteiger partial charge is 0.478 e. The molecule has 0 bridgehead atoms. The van der Waals surface area contributed by atoms with E-state index < -0.39 is 5.97 Å². The van der Waals surface area contributed by atoms with Gasteiger partial charge in [0.2, 0.25) is 0 Å². The number of aryl methyl sites for hydroxylation is 1. The first-order valence-corrected chi connectivity index (χ1v) is 6.14. The van der Waals surface area contributed by atoms with Gasteiger partial charge < -0.3 is 10.4 Å². The molecule has 4 nitrogen and oxygen atoms in total. The zero-order valence-electron chi connectivity index (χ0n) is 10.8. The number of hydrogen-bond acceptors (Lipinski definition) is 3. The summed E-state index contributed by atoms with van der Waals surface area (Å²) in [5.41, 5.74) is 3.31. The number of anilines is 1. The molecule has 2 aromatic rings. The highest BCUT2D eigenvalue weighted by Gasteiger charge is 2.08. The summed E-state index contributed by atoms with van der Waals surface area (Å²) >= 11 is 0. The molecule has 0 aliphatic heterocycles. The number of benzene rings is 1. The van der Waals surface area contributed by atoms with E-state index in [9.17, 15) is 4.79 Å². The molecule has 0 spiro atoms. The van der Waals surface area contributed by atoms with Crippen molar-refractivity contribution in [3.05, 3.63) is 59.4 Å². The Balaban J connectivity index is 2.00. The molecule has 98 valence electrons. The minimum absolute atomic E-state index is 0.250. The van der Waals surface area contributed by atoms with Crippen LogP contribution in [0.15, 0.2) is 42.7 Å². The molecule has 19 heavy (non-hydrogen) atoms. The van der Waals surface area contributed by atoms with Crippen LogP contribution in [0.4, 0.5) is 5.69 Å². The van der Waals surface area contributed by atoms with E-state index in [4.69, 9.17) is 5.11 Å². The molecular weight excluding hydrogens is 240 g/mol. The number of aromatic nitrogens is 1. The minimum Gasteiger partial charge on any atom is -0.478 e. The van der Waals surface area contributed by atoms with Gasteiger partial charge in [-0.1, -0.05) is 24.3 Å². The van der Waals surface area contributed by atoms with Crippen LogP contribution >= 0.6 is 0 Å². The molecular formula is C15H16N2O2. The number of nitrogens with one attached hydrogen (secondary N) is 1. The van der Waals surface area contributed by atoms with Crippen molar-refractivity contribution in [3.63, 3.8) is 0 Å². The summed E-state index contributed by atoms with van der Waals surface area (Å²) in [5.74, 6) is -0.944. The number of pyridine rings is 1. The first kappa shape index (κ1) is 13.1. The first-order valence-electron chi connectivity index (χ1n) is 6.14. The Kier molecular flexibility index (Phi) is 4.13. The van der Waals surface area contributed by atoms with E-state index in [-0.39, 0.29) is 5.56 Å². The predicted molar refractivity (Wildman–Crippen MR) is 74.6 cm³/mol. The standard InChI is InChI=1S/C15H16N2O2/c1-11-4-2-3-5-12(11)6-9-17-14-10-16-8-7-13(14)15(18)19/h2-5,7-8,10,17H,6,9H2,1H3,(H,18,19). The third-order valence-corrected chi connectivity index (χ3v) is 3.02. The van der Waals surface area contributed by atoms with Crippen molar-refractivity contribution < 1.29 is 9.90 Å². The van der Waals surface area contributed by atoms with Gasteiger partial charge in [-0.2, -0.15) is 0 Å². The Hall–Kier alpha value is -2.36. The normalized spacial score (nSPS) is 10.2. The van der Waals surface area contributed by atoms with E-state index >= 15 is 0 Å². The van der Waals surface area contributed by atoms with Gasteiger partial charge in [-0.05, 0) is 30.5 Å². The third-order valence-electron chi connectivity index (χ3n) is 3.02. The number of carbonyl (C=O) groups is 1. The van der Waals surface area contributed by atoms with Crippen molar-refractivity contribution >= 4 is 11.7 Å². The summed E-state index contributed by atoms with van der Waals surface area (Å²) in [6.07, 6.45) is 3.87. The molecule has 0 saturated heterocycles. The number of rotatable bonds is 5. The third kappa shape index (κ3) is 3.31. The summed E-state index contributed by atoms with van der Waals surface area (Å²) in [5, 5.41) is 12.2. The van der Waals surface area contributed by atoms with Crippen LogP contribution in [0.1, 0.15) is 21.5 Å². The van der Waals surface area contributed by atoms with Crippen molar-refractivity contribution in [1.82, 2.24) is 4.98 Å². The second kappa shape index (κ2) is 6.00. The smallest absolute Gasteiger partial charge is 0.337 e. The van der Waals surface area contributed by atoms with Gasteiger partial charge in [0.25, 0.3) is 0 Å². The maximum absolute atomic E-state index is 11.0. The molecule has 1 aromatic heterocycles. The van der Waals surface area contributed by atoms with Crippen molar-refractivity contribution in [2.75, 3.05) is 11.9 Å². The summed E-state index contributed by atoms with van der Waals surface area (Å²) in [6, 6.07) is 9.67. The van der Waals surface area contributed by atoms with Gasteiger partial charge in [-0.3, -0.25) is 4.98 Å².